The van der Waals surface area contributed by atoms with Crippen LogP contribution in [0.2, 0.25) is 0 Å². The van der Waals surface area contributed by atoms with E-state index in [1.807, 2.05) is 19.9 Å². The number of hydrogen-bond donors (Lipinski definition) is 1. The summed E-state index contributed by atoms with van der Waals surface area (Å²) in [6, 6.07) is 4.55. The van der Waals surface area contributed by atoms with Crippen LogP contribution in [0.4, 0.5) is 0 Å². The predicted octanol–water partition coefficient (Wildman–Crippen LogP) is 3.14. The van der Waals surface area contributed by atoms with Crippen molar-refractivity contribution in [2.24, 2.45) is 5.92 Å². The molecule has 0 radical (unpaired) electrons. The standard InChI is InChI=1S/C13H15Br2NO3/c1-7(2)11(13(18)19-3)16-12(17)8-4-9(14)6-10(15)5-8/h4-7,11H,1-3H3,(H,16,17)/t11-/m0/s1. The third-order valence-electron chi connectivity index (χ3n) is 2.53. The first-order valence-corrected chi connectivity index (χ1v) is 7.28. The Kier molecular flexibility index (Phi) is 6.00. The molecule has 0 fully saturated rings. The van der Waals surface area contributed by atoms with Gasteiger partial charge in [0.15, 0.2) is 0 Å². The average molecular weight is 393 g/mol. The third kappa shape index (κ3) is 4.62. The predicted molar refractivity (Wildman–Crippen MR) is 80.0 cm³/mol. The number of benzene rings is 1. The normalized spacial score (nSPS) is 12.1. The number of carbonyl (C=O) groups is 2. The van der Waals surface area contributed by atoms with Crippen molar-refractivity contribution in [3.63, 3.8) is 0 Å². The molecule has 4 nitrogen and oxygen atoms in total. The van der Waals surface area contributed by atoms with Crippen LogP contribution >= 0.6 is 31.9 Å². The summed E-state index contributed by atoms with van der Waals surface area (Å²) in [4.78, 5) is 23.7. The maximum atomic E-state index is 12.1. The molecular weight excluding hydrogens is 378 g/mol. The minimum atomic E-state index is -0.657. The summed E-state index contributed by atoms with van der Waals surface area (Å²) >= 11 is 6.63. The number of rotatable bonds is 4. The van der Waals surface area contributed by atoms with Gasteiger partial charge in [-0.25, -0.2) is 4.79 Å². The Bertz CT molecular complexity index is 469. The van der Waals surface area contributed by atoms with Crippen molar-refractivity contribution in [3.8, 4) is 0 Å². The molecule has 0 bridgehead atoms. The molecule has 1 aromatic rings. The molecule has 0 heterocycles. The van der Waals surface area contributed by atoms with E-state index in [1.54, 1.807) is 12.1 Å². The quantitative estimate of drug-likeness (QED) is 0.800. The van der Waals surface area contributed by atoms with Crippen molar-refractivity contribution in [3.05, 3.63) is 32.7 Å². The highest BCUT2D eigenvalue weighted by atomic mass is 79.9. The molecule has 104 valence electrons. The van der Waals surface area contributed by atoms with Gasteiger partial charge in [-0.05, 0) is 24.1 Å². The van der Waals surface area contributed by atoms with Crippen LogP contribution < -0.4 is 5.32 Å². The number of nitrogens with one attached hydrogen (secondary N) is 1. The van der Waals surface area contributed by atoms with Crippen LogP contribution in [0, 0.1) is 5.92 Å². The molecule has 0 aliphatic carbocycles. The Balaban J connectivity index is 2.90. The first kappa shape index (κ1) is 16.2. The molecule has 0 aromatic heterocycles. The van der Waals surface area contributed by atoms with Crippen LogP contribution in [0.3, 0.4) is 0 Å². The Morgan fingerprint density at radius 2 is 1.68 bits per heavy atom. The molecule has 0 saturated carbocycles. The second-order valence-corrected chi connectivity index (χ2v) is 6.21. The van der Waals surface area contributed by atoms with Crippen LogP contribution in [-0.4, -0.2) is 25.0 Å². The largest absolute Gasteiger partial charge is 0.467 e. The Labute approximate surface area is 129 Å². The molecule has 6 heteroatoms. The van der Waals surface area contributed by atoms with Gasteiger partial charge in [0.25, 0.3) is 5.91 Å². The van der Waals surface area contributed by atoms with Gasteiger partial charge in [0, 0.05) is 14.5 Å². The number of methoxy groups -OCH3 is 1. The minimum Gasteiger partial charge on any atom is -0.467 e. The van der Waals surface area contributed by atoms with Crippen molar-refractivity contribution in [1.29, 1.82) is 0 Å². The van der Waals surface area contributed by atoms with E-state index in [4.69, 9.17) is 0 Å². The summed E-state index contributed by atoms with van der Waals surface area (Å²) in [7, 11) is 1.31. The Hall–Kier alpha value is -0.880. The maximum Gasteiger partial charge on any atom is 0.328 e. The van der Waals surface area contributed by atoms with Crippen LogP contribution in [0.5, 0.6) is 0 Å². The highest BCUT2D eigenvalue weighted by Gasteiger charge is 2.25. The molecule has 1 N–H and O–H groups in total. The topological polar surface area (TPSA) is 55.4 Å². The van der Waals surface area contributed by atoms with Crippen molar-refractivity contribution in [1.82, 2.24) is 5.32 Å². The summed E-state index contributed by atoms with van der Waals surface area (Å²) in [6.45, 7) is 3.69. The number of amides is 1. The van der Waals surface area contributed by atoms with E-state index in [1.165, 1.54) is 7.11 Å². The zero-order valence-electron chi connectivity index (χ0n) is 10.9. The molecule has 0 aliphatic heterocycles. The lowest BCUT2D eigenvalue weighted by Gasteiger charge is -2.19. The van der Waals surface area contributed by atoms with Gasteiger partial charge in [-0.2, -0.15) is 0 Å². The Morgan fingerprint density at radius 3 is 2.11 bits per heavy atom. The first-order valence-electron chi connectivity index (χ1n) is 5.70. The van der Waals surface area contributed by atoms with Crippen molar-refractivity contribution in [2.75, 3.05) is 7.11 Å². The molecule has 1 amide bonds. The first-order chi connectivity index (χ1) is 8.85. The summed E-state index contributed by atoms with van der Waals surface area (Å²) in [5, 5.41) is 2.68. The van der Waals surface area contributed by atoms with Crippen molar-refractivity contribution < 1.29 is 14.3 Å². The maximum absolute atomic E-state index is 12.1. The highest BCUT2D eigenvalue weighted by molar-refractivity contribution is 9.11. The number of esters is 1. The van der Waals surface area contributed by atoms with Crippen molar-refractivity contribution >= 4 is 43.7 Å². The van der Waals surface area contributed by atoms with E-state index in [-0.39, 0.29) is 11.8 Å². The fourth-order valence-corrected chi connectivity index (χ4v) is 2.83. The average Bonchev–Trinajstić information content (AvgIpc) is 2.33. The van der Waals surface area contributed by atoms with E-state index in [9.17, 15) is 9.59 Å². The van der Waals surface area contributed by atoms with Crippen molar-refractivity contribution in [2.45, 2.75) is 19.9 Å². The van der Waals surface area contributed by atoms with Gasteiger partial charge >= 0.3 is 5.97 Å². The molecule has 1 aromatic carbocycles. The summed E-state index contributed by atoms with van der Waals surface area (Å²) < 4.78 is 6.25. The van der Waals surface area contributed by atoms with E-state index in [0.717, 1.165) is 8.95 Å². The molecule has 1 atom stereocenters. The zero-order valence-corrected chi connectivity index (χ0v) is 14.0. The Morgan fingerprint density at radius 1 is 1.16 bits per heavy atom. The van der Waals surface area contributed by atoms with Crippen LogP contribution in [0.25, 0.3) is 0 Å². The summed E-state index contributed by atoms with van der Waals surface area (Å²) in [5.41, 5.74) is 0.468. The lowest BCUT2D eigenvalue weighted by atomic mass is 10.0. The molecular formula is C13H15Br2NO3. The SMILES string of the molecule is COC(=O)[C@@H](NC(=O)c1cc(Br)cc(Br)c1)C(C)C. The van der Waals surface area contributed by atoms with Gasteiger partial charge in [0.05, 0.1) is 7.11 Å². The van der Waals surface area contributed by atoms with Crippen LogP contribution in [0.1, 0.15) is 24.2 Å². The number of halogens is 2. The van der Waals surface area contributed by atoms with Crippen LogP contribution in [-0.2, 0) is 9.53 Å². The summed E-state index contributed by atoms with van der Waals surface area (Å²) in [5.74, 6) is -0.810. The monoisotopic (exact) mass is 391 g/mol. The zero-order chi connectivity index (χ0) is 14.6. The second-order valence-electron chi connectivity index (χ2n) is 4.38. The number of ether oxygens (including phenoxy) is 1. The second kappa shape index (κ2) is 7.05. The fraction of sp³-hybridized carbons (Fsp3) is 0.385. The minimum absolute atomic E-state index is 0.0491. The van der Waals surface area contributed by atoms with E-state index in [0.29, 0.717) is 5.56 Å². The number of carbonyl (C=O) groups excluding carboxylic acids is 2. The smallest absolute Gasteiger partial charge is 0.328 e. The van der Waals surface area contributed by atoms with Gasteiger partial charge in [-0.1, -0.05) is 45.7 Å². The van der Waals surface area contributed by atoms with Gasteiger partial charge < -0.3 is 10.1 Å². The lowest BCUT2D eigenvalue weighted by molar-refractivity contribution is -0.144. The fourth-order valence-electron chi connectivity index (χ4n) is 1.53. The number of hydrogen-bond acceptors (Lipinski definition) is 3. The molecule has 1 rings (SSSR count). The molecule has 0 unspecified atom stereocenters. The van der Waals surface area contributed by atoms with Gasteiger partial charge in [0.2, 0.25) is 0 Å². The third-order valence-corrected chi connectivity index (χ3v) is 3.45. The van der Waals surface area contributed by atoms with E-state index < -0.39 is 12.0 Å². The van der Waals surface area contributed by atoms with Crippen LogP contribution in [0.15, 0.2) is 27.1 Å². The van der Waals surface area contributed by atoms with E-state index in [2.05, 4.69) is 41.9 Å². The van der Waals surface area contributed by atoms with Gasteiger partial charge in [0.1, 0.15) is 6.04 Å². The highest BCUT2D eigenvalue weighted by Crippen LogP contribution is 2.20. The molecule has 0 aliphatic rings. The van der Waals surface area contributed by atoms with E-state index >= 15 is 0 Å². The molecule has 0 spiro atoms. The van der Waals surface area contributed by atoms with Gasteiger partial charge in [-0.15, -0.1) is 0 Å². The molecule has 0 saturated heterocycles. The molecule has 19 heavy (non-hydrogen) atoms. The lowest BCUT2D eigenvalue weighted by Crippen LogP contribution is -2.45. The summed E-state index contributed by atoms with van der Waals surface area (Å²) in [6.07, 6.45) is 0. The van der Waals surface area contributed by atoms with Gasteiger partial charge in [-0.3, -0.25) is 4.79 Å².